The van der Waals surface area contributed by atoms with Gasteiger partial charge in [-0.25, -0.2) is 4.98 Å². The molecule has 7 nitrogen and oxygen atoms in total. The maximum Gasteiger partial charge on any atom is 0.261 e. The lowest BCUT2D eigenvalue weighted by atomic mass is 10.1. The van der Waals surface area contributed by atoms with E-state index in [0.29, 0.717) is 17.1 Å². The molecule has 2 heterocycles. The lowest BCUT2D eigenvalue weighted by Crippen LogP contribution is -2.33. The zero-order chi connectivity index (χ0) is 21.6. The van der Waals surface area contributed by atoms with Crippen molar-refractivity contribution in [2.75, 3.05) is 11.9 Å². The average Bonchev–Trinajstić information content (AvgIpc) is 3.15. The van der Waals surface area contributed by atoms with Gasteiger partial charge in [0.15, 0.2) is 0 Å². The number of aryl methyl sites for hydroxylation is 1. The largest absolute Gasteiger partial charge is 0.305 e. The van der Waals surface area contributed by atoms with E-state index in [1.807, 2.05) is 56.5 Å². The number of benzene rings is 2. The number of nitrogens with one attached hydrogen (secondary N) is 1. The number of amides is 3. The van der Waals surface area contributed by atoms with E-state index in [9.17, 15) is 14.4 Å². The SMILES string of the molecule is Cc1ccc2c(c1)C(=O)N(CCC(=O)Nc1nc3ccccc3n1C(C)(C)C)C2=O. The minimum absolute atomic E-state index is 0.00218. The molecule has 4 rings (SSSR count). The summed E-state index contributed by atoms with van der Waals surface area (Å²) >= 11 is 0. The van der Waals surface area contributed by atoms with E-state index < -0.39 is 0 Å². The number of imide groups is 1. The summed E-state index contributed by atoms with van der Waals surface area (Å²) in [6.07, 6.45) is -0.00218. The smallest absolute Gasteiger partial charge is 0.261 e. The van der Waals surface area contributed by atoms with Crippen LogP contribution in [-0.2, 0) is 10.3 Å². The van der Waals surface area contributed by atoms with Crippen molar-refractivity contribution in [2.24, 2.45) is 0 Å². The minimum atomic E-state index is -0.357. The van der Waals surface area contributed by atoms with Crippen LogP contribution in [0.4, 0.5) is 5.95 Å². The number of carbonyl (C=O) groups is 3. The number of nitrogens with zero attached hydrogens (tertiary/aromatic N) is 3. The number of imidazole rings is 1. The fraction of sp³-hybridized carbons (Fsp3) is 0.304. The number of hydrogen-bond acceptors (Lipinski definition) is 4. The van der Waals surface area contributed by atoms with Gasteiger partial charge in [-0.3, -0.25) is 24.6 Å². The fourth-order valence-electron chi connectivity index (χ4n) is 3.80. The van der Waals surface area contributed by atoms with Crippen LogP contribution in [0.2, 0.25) is 0 Å². The monoisotopic (exact) mass is 404 g/mol. The van der Waals surface area contributed by atoms with Crippen molar-refractivity contribution in [3.63, 3.8) is 0 Å². The summed E-state index contributed by atoms with van der Waals surface area (Å²) in [6.45, 7) is 8.01. The number of hydrogen-bond donors (Lipinski definition) is 1. The quantitative estimate of drug-likeness (QED) is 0.672. The van der Waals surface area contributed by atoms with E-state index in [1.165, 1.54) is 0 Å². The van der Waals surface area contributed by atoms with Crippen LogP contribution in [-0.4, -0.2) is 38.7 Å². The first kappa shape index (κ1) is 19.8. The lowest BCUT2D eigenvalue weighted by Gasteiger charge is -2.24. The van der Waals surface area contributed by atoms with Gasteiger partial charge in [0.25, 0.3) is 11.8 Å². The third kappa shape index (κ3) is 3.36. The number of anilines is 1. The highest BCUT2D eigenvalue weighted by Crippen LogP contribution is 2.28. The Kier molecular flexibility index (Phi) is 4.68. The van der Waals surface area contributed by atoms with Gasteiger partial charge in [0.2, 0.25) is 11.9 Å². The maximum atomic E-state index is 12.7. The molecule has 0 fully saturated rings. The molecule has 0 spiro atoms. The number of para-hydroxylation sites is 2. The van der Waals surface area contributed by atoms with Gasteiger partial charge >= 0.3 is 0 Å². The van der Waals surface area contributed by atoms with E-state index in [4.69, 9.17) is 0 Å². The lowest BCUT2D eigenvalue weighted by molar-refractivity contribution is -0.116. The van der Waals surface area contributed by atoms with Gasteiger partial charge < -0.3 is 4.57 Å². The molecule has 3 aromatic rings. The Hall–Kier alpha value is -3.48. The number of carbonyl (C=O) groups excluding carboxylic acids is 3. The molecule has 3 amide bonds. The number of aromatic nitrogens is 2. The molecule has 30 heavy (non-hydrogen) atoms. The molecule has 0 aliphatic carbocycles. The van der Waals surface area contributed by atoms with E-state index in [0.717, 1.165) is 21.5 Å². The van der Waals surface area contributed by atoms with Crippen molar-refractivity contribution in [3.05, 3.63) is 59.2 Å². The molecule has 1 N–H and O–H groups in total. The van der Waals surface area contributed by atoms with Crippen molar-refractivity contribution < 1.29 is 14.4 Å². The second kappa shape index (κ2) is 7.09. The molecular formula is C23H24N4O3. The molecular weight excluding hydrogens is 380 g/mol. The molecule has 1 aliphatic rings. The van der Waals surface area contributed by atoms with Crippen molar-refractivity contribution >= 4 is 34.7 Å². The van der Waals surface area contributed by atoms with Gasteiger partial charge in [0.1, 0.15) is 0 Å². The minimum Gasteiger partial charge on any atom is -0.305 e. The summed E-state index contributed by atoms with van der Waals surface area (Å²) in [6, 6.07) is 12.9. The third-order valence-electron chi connectivity index (χ3n) is 5.17. The van der Waals surface area contributed by atoms with E-state index in [2.05, 4.69) is 10.3 Å². The van der Waals surface area contributed by atoms with Crippen molar-refractivity contribution in [1.82, 2.24) is 14.5 Å². The van der Waals surface area contributed by atoms with Crippen LogP contribution in [0.15, 0.2) is 42.5 Å². The molecule has 0 saturated heterocycles. The Balaban J connectivity index is 1.50. The summed E-state index contributed by atoms with van der Waals surface area (Å²) in [7, 11) is 0. The van der Waals surface area contributed by atoms with E-state index in [-0.39, 0.29) is 36.2 Å². The van der Waals surface area contributed by atoms with Gasteiger partial charge in [0.05, 0.1) is 22.2 Å². The number of fused-ring (bicyclic) bond motifs is 2. The Bertz CT molecular complexity index is 1190. The van der Waals surface area contributed by atoms with Crippen LogP contribution in [0.5, 0.6) is 0 Å². The van der Waals surface area contributed by atoms with Crippen molar-refractivity contribution in [2.45, 2.75) is 39.7 Å². The van der Waals surface area contributed by atoms with E-state index in [1.54, 1.807) is 18.2 Å². The second-order valence-electron chi connectivity index (χ2n) is 8.54. The summed E-state index contributed by atoms with van der Waals surface area (Å²) in [5, 5.41) is 2.85. The molecule has 1 aliphatic heterocycles. The highest BCUT2D eigenvalue weighted by Gasteiger charge is 2.35. The molecule has 0 atom stereocenters. The van der Waals surface area contributed by atoms with Crippen LogP contribution >= 0.6 is 0 Å². The van der Waals surface area contributed by atoms with Crippen LogP contribution in [0.1, 0.15) is 53.5 Å². The highest BCUT2D eigenvalue weighted by molar-refractivity contribution is 6.21. The molecule has 1 aromatic heterocycles. The van der Waals surface area contributed by atoms with Gasteiger partial charge in [-0.1, -0.05) is 23.8 Å². The molecule has 0 bridgehead atoms. The first-order valence-electron chi connectivity index (χ1n) is 9.91. The van der Waals surface area contributed by atoms with Crippen LogP contribution < -0.4 is 5.32 Å². The van der Waals surface area contributed by atoms with Gasteiger partial charge in [-0.05, 0) is 52.0 Å². The topological polar surface area (TPSA) is 84.3 Å². The normalized spacial score (nSPS) is 13.8. The standard InChI is InChI=1S/C23H24N4O3/c1-14-9-10-15-16(13-14)21(30)26(20(15)29)12-11-19(28)25-22-24-17-7-5-6-8-18(17)27(22)23(2,3)4/h5-10,13H,11-12H2,1-4H3,(H,24,25,28). The molecule has 154 valence electrons. The molecule has 0 saturated carbocycles. The first-order chi connectivity index (χ1) is 14.2. The average molecular weight is 404 g/mol. The summed E-state index contributed by atoms with van der Waals surface area (Å²) in [4.78, 5) is 43.5. The van der Waals surface area contributed by atoms with Crippen LogP contribution in [0.25, 0.3) is 11.0 Å². The second-order valence-corrected chi connectivity index (χ2v) is 8.54. The number of rotatable bonds is 4. The molecule has 0 unspecified atom stereocenters. The summed E-state index contributed by atoms with van der Waals surface area (Å²) < 4.78 is 1.98. The van der Waals surface area contributed by atoms with Gasteiger partial charge in [0, 0.05) is 18.5 Å². The van der Waals surface area contributed by atoms with Gasteiger partial charge in [-0.2, -0.15) is 0 Å². The predicted octanol–water partition coefficient (Wildman–Crippen LogP) is 3.72. The summed E-state index contributed by atoms with van der Waals surface area (Å²) in [5.74, 6) is -0.562. The van der Waals surface area contributed by atoms with Crippen molar-refractivity contribution in [3.8, 4) is 0 Å². The molecule has 7 heteroatoms. The zero-order valence-electron chi connectivity index (χ0n) is 17.5. The first-order valence-corrected chi connectivity index (χ1v) is 9.91. The Labute approximate surface area is 174 Å². The van der Waals surface area contributed by atoms with Crippen LogP contribution in [0, 0.1) is 6.92 Å². The Morgan fingerprint density at radius 3 is 2.47 bits per heavy atom. The Morgan fingerprint density at radius 2 is 1.73 bits per heavy atom. The van der Waals surface area contributed by atoms with Gasteiger partial charge in [-0.15, -0.1) is 0 Å². The Morgan fingerprint density at radius 1 is 1.03 bits per heavy atom. The fourth-order valence-corrected chi connectivity index (χ4v) is 3.80. The van der Waals surface area contributed by atoms with Crippen LogP contribution in [0.3, 0.4) is 0 Å². The van der Waals surface area contributed by atoms with E-state index >= 15 is 0 Å². The third-order valence-corrected chi connectivity index (χ3v) is 5.17. The maximum absolute atomic E-state index is 12.7. The zero-order valence-corrected chi connectivity index (χ0v) is 17.5. The molecule has 2 aromatic carbocycles. The highest BCUT2D eigenvalue weighted by atomic mass is 16.2. The predicted molar refractivity (Wildman–Crippen MR) is 115 cm³/mol. The molecule has 0 radical (unpaired) electrons. The van der Waals surface area contributed by atoms with Crippen molar-refractivity contribution in [1.29, 1.82) is 0 Å². The summed E-state index contributed by atoms with van der Waals surface area (Å²) in [5.41, 5.74) is 3.12.